The molecule has 3 aromatic rings. The first-order chi connectivity index (χ1) is 16.5. The number of methoxy groups -OCH3 is 2. The van der Waals surface area contributed by atoms with Crippen molar-refractivity contribution in [1.29, 1.82) is 0 Å². The molecular formula is C24H23ClN4O4S. The van der Waals surface area contributed by atoms with Gasteiger partial charge in [0.05, 0.1) is 30.7 Å². The van der Waals surface area contributed by atoms with Gasteiger partial charge in [-0.3, -0.25) is 9.69 Å². The van der Waals surface area contributed by atoms with E-state index in [4.69, 9.17) is 25.6 Å². The van der Waals surface area contributed by atoms with Crippen LogP contribution in [-0.4, -0.2) is 35.4 Å². The highest BCUT2D eigenvalue weighted by Gasteiger charge is 2.33. The molecule has 1 aliphatic rings. The van der Waals surface area contributed by atoms with Gasteiger partial charge in [0, 0.05) is 12.5 Å². The van der Waals surface area contributed by atoms with E-state index in [0.717, 1.165) is 24.2 Å². The molecule has 8 nitrogen and oxygen atoms in total. The summed E-state index contributed by atoms with van der Waals surface area (Å²) in [5.74, 6) is 2.45. The summed E-state index contributed by atoms with van der Waals surface area (Å²) >= 11 is 7.53. The smallest absolute Gasteiger partial charge is 0.283 e. The number of aliphatic imine (C=N–C) groups is 1. The third-order valence-corrected chi connectivity index (χ3v) is 6.19. The number of rotatable bonds is 8. The van der Waals surface area contributed by atoms with Gasteiger partial charge in [-0.1, -0.05) is 47.6 Å². The van der Waals surface area contributed by atoms with E-state index >= 15 is 0 Å². The zero-order chi connectivity index (χ0) is 24.1. The van der Waals surface area contributed by atoms with Gasteiger partial charge in [-0.2, -0.15) is 4.98 Å². The van der Waals surface area contributed by atoms with Crippen molar-refractivity contribution >= 4 is 46.2 Å². The van der Waals surface area contributed by atoms with E-state index < -0.39 is 0 Å². The second kappa shape index (κ2) is 10.8. The van der Waals surface area contributed by atoms with Crippen molar-refractivity contribution in [2.75, 3.05) is 19.1 Å². The zero-order valence-corrected chi connectivity index (χ0v) is 20.5. The van der Waals surface area contributed by atoms with Crippen molar-refractivity contribution in [3.05, 3.63) is 70.5 Å². The van der Waals surface area contributed by atoms with E-state index in [9.17, 15) is 4.79 Å². The lowest BCUT2D eigenvalue weighted by molar-refractivity contribution is -0.113. The summed E-state index contributed by atoms with van der Waals surface area (Å²) in [6.45, 7) is 2.05. The summed E-state index contributed by atoms with van der Waals surface area (Å²) in [5.41, 5.74) is 1.72. The van der Waals surface area contributed by atoms with E-state index in [1.54, 1.807) is 31.4 Å². The van der Waals surface area contributed by atoms with Crippen molar-refractivity contribution in [1.82, 2.24) is 10.1 Å². The van der Waals surface area contributed by atoms with Gasteiger partial charge in [0.1, 0.15) is 17.2 Å². The number of thioether (sulfide) groups is 1. The van der Waals surface area contributed by atoms with Crippen LogP contribution in [-0.2, 0) is 17.0 Å². The normalized spacial score (nSPS) is 14.6. The van der Waals surface area contributed by atoms with Crippen molar-refractivity contribution in [3.8, 4) is 11.5 Å². The summed E-state index contributed by atoms with van der Waals surface area (Å²) in [5, 5.41) is 4.93. The summed E-state index contributed by atoms with van der Waals surface area (Å²) < 4.78 is 15.9. The number of benzene rings is 2. The molecule has 0 aliphatic carbocycles. The van der Waals surface area contributed by atoms with Gasteiger partial charge in [-0.25, -0.2) is 4.99 Å². The second-order valence-corrected chi connectivity index (χ2v) is 8.65. The number of carbonyl (C=O) groups excluding carboxylic acids is 1. The molecule has 0 saturated heterocycles. The number of amidine groups is 1. The van der Waals surface area contributed by atoms with Crippen LogP contribution in [0.25, 0.3) is 6.08 Å². The Balaban J connectivity index is 1.65. The largest absolute Gasteiger partial charge is 0.497 e. The molecule has 2 heterocycles. The highest BCUT2D eigenvalue weighted by molar-refractivity contribution is 8.13. The molecule has 1 aromatic heterocycles. The summed E-state index contributed by atoms with van der Waals surface area (Å²) in [7, 11) is 3.13. The lowest BCUT2D eigenvalue weighted by atomic mass is 10.2. The molecule has 0 bridgehead atoms. The van der Waals surface area contributed by atoms with Gasteiger partial charge in [0.2, 0.25) is 5.89 Å². The molecule has 10 heteroatoms. The first-order valence-electron chi connectivity index (χ1n) is 10.6. The molecule has 0 fully saturated rings. The molecule has 0 radical (unpaired) electrons. The first-order valence-corrected chi connectivity index (χ1v) is 12.0. The molecule has 1 aliphatic heterocycles. The lowest BCUT2D eigenvalue weighted by Gasteiger charge is -2.18. The van der Waals surface area contributed by atoms with Crippen LogP contribution in [0.1, 0.15) is 30.6 Å². The van der Waals surface area contributed by atoms with Gasteiger partial charge in [-0.15, -0.1) is 0 Å². The predicted octanol–water partition coefficient (Wildman–Crippen LogP) is 5.37. The first kappa shape index (κ1) is 23.8. The van der Waals surface area contributed by atoms with Crippen LogP contribution in [0.4, 0.5) is 5.69 Å². The maximum atomic E-state index is 13.4. The molecule has 0 atom stereocenters. The molecule has 176 valence electrons. The van der Waals surface area contributed by atoms with Crippen LogP contribution in [0.3, 0.4) is 0 Å². The fourth-order valence-corrected chi connectivity index (χ4v) is 4.31. The van der Waals surface area contributed by atoms with Crippen molar-refractivity contribution in [3.63, 3.8) is 0 Å². The molecule has 0 saturated carbocycles. The second-order valence-electron chi connectivity index (χ2n) is 7.30. The highest BCUT2D eigenvalue weighted by Crippen LogP contribution is 2.35. The Morgan fingerprint density at radius 1 is 1.15 bits per heavy atom. The number of ether oxygens (including phenoxy) is 2. The number of aryl methyl sites for hydroxylation is 1. The Hall–Kier alpha value is -3.30. The van der Waals surface area contributed by atoms with E-state index in [1.807, 2.05) is 24.3 Å². The lowest BCUT2D eigenvalue weighted by Crippen LogP contribution is -2.30. The average molecular weight is 499 g/mol. The maximum absolute atomic E-state index is 13.4. The Bertz CT molecular complexity index is 1240. The summed E-state index contributed by atoms with van der Waals surface area (Å²) in [6, 6.07) is 12.5. The zero-order valence-electron chi connectivity index (χ0n) is 18.9. The van der Waals surface area contributed by atoms with Crippen LogP contribution < -0.4 is 14.4 Å². The molecule has 4 rings (SSSR count). The quantitative estimate of drug-likeness (QED) is 0.385. The molecule has 1 amide bonds. The van der Waals surface area contributed by atoms with Gasteiger partial charge in [0.25, 0.3) is 5.91 Å². The van der Waals surface area contributed by atoms with Crippen LogP contribution in [0, 0.1) is 0 Å². The number of hydrogen-bond acceptors (Lipinski definition) is 8. The van der Waals surface area contributed by atoms with E-state index in [-0.39, 0.29) is 5.91 Å². The Morgan fingerprint density at radius 3 is 2.65 bits per heavy atom. The van der Waals surface area contributed by atoms with Crippen LogP contribution in [0.2, 0.25) is 5.02 Å². The minimum atomic E-state index is -0.264. The van der Waals surface area contributed by atoms with Gasteiger partial charge >= 0.3 is 0 Å². The topological polar surface area (TPSA) is 90.0 Å². The third kappa shape index (κ3) is 5.26. The standard InChI is InChI=1S/C24H23ClN4O4S/c1-4-5-21-27-22(33-28-21)14-34-24-26-19(12-15-6-9-17(31-2)10-7-15)23(30)29(24)16-8-11-18(25)20(13-16)32-3/h6-13H,4-5,14H2,1-3H3/b19-12-. The van der Waals surface area contributed by atoms with Crippen LogP contribution in [0.15, 0.2) is 57.7 Å². The van der Waals surface area contributed by atoms with E-state index in [0.29, 0.717) is 44.8 Å². The van der Waals surface area contributed by atoms with Crippen molar-refractivity contribution in [2.45, 2.75) is 25.5 Å². The van der Waals surface area contributed by atoms with Gasteiger partial charge < -0.3 is 14.0 Å². The van der Waals surface area contributed by atoms with Crippen LogP contribution >= 0.6 is 23.4 Å². The fourth-order valence-electron chi connectivity index (χ4n) is 3.27. The molecule has 0 N–H and O–H groups in total. The Kier molecular flexibility index (Phi) is 7.54. The number of hydrogen-bond donors (Lipinski definition) is 0. The van der Waals surface area contributed by atoms with Crippen molar-refractivity contribution in [2.24, 2.45) is 4.99 Å². The number of nitrogens with zero attached hydrogens (tertiary/aromatic N) is 4. The maximum Gasteiger partial charge on any atom is 0.283 e. The number of halogens is 1. The van der Waals surface area contributed by atoms with Crippen LogP contribution in [0.5, 0.6) is 11.5 Å². The third-order valence-electron chi connectivity index (χ3n) is 4.95. The highest BCUT2D eigenvalue weighted by atomic mass is 35.5. The van der Waals surface area contributed by atoms with Gasteiger partial charge in [0.15, 0.2) is 11.0 Å². The molecule has 2 aromatic carbocycles. The Labute approximate surface area is 206 Å². The molecule has 0 spiro atoms. The fraction of sp³-hybridized carbons (Fsp3) is 0.250. The minimum absolute atomic E-state index is 0.264. The molecular weight excluding hydrogens is 476 g/mol. The van der Waals surface area contributed by atoms with E-state index in [1.165, 1.54) is 23.8 Å². The summed E-state index contributed by atoms with van der Waals surface area (Å²) in [4.78, 5) is 24.0. The minimum Gasteiger partial charge on any atom is -0.497 e. The number of amides is 1. The average Bonchev–Trinajstić information content (AvgIpc) is 3.43. The molecule has 0 unspecified atom stereocenters. The number of carbonyl (C=O) groups is 1. The SMILES string of the molecule is CCCc1noc(CSC2=N/C(=C\c3ccc(OC)cc3)C(=O)N2c2ccc(Cl)c(OC)c2)n1. The monoisotopic (exact) mass is 498 g/mol. The predicted molar refractivity (Wildman–Crippen MR) is 133 cm³/mol. The summed E-state index contributed by atoms with van der Waals surface area (Å²) in [6.07, 6.45) is 3.42. The van der Waals surface area contributed by atoms with E-state index in [2.05, 4.69) is 22.1 Å². The number of aromatic nitrogens is 2. The number of anilines is 1. The Morgan fingerprint density at radius 2 is 1.94 bits per heavy atom. The van der Waals surface area contributed by atoms with Gasteiger partial charge in [-0.05, 0) is 42.3 Å². The van der Waals surface area contributed by atoms with Crippen molar-refractivity contribution < 1.29 is 18.8 Å². The molecule has 34 heavy (non-hydrogen) atoms.